The maximum atomic E-state index is 12.0. The third-order valence-corrected chi connectivity index (χ3v) is 3.38. The fourth-order valence-corrected chi connectivity index (χ4v) is 1.97. The van der Waals surface area contributed by atoms with Crippen molar-refractivity contribution in [3.8, 4) is 0 Å². The fourth-order valence-electron chi connectivity index (χ4n) is 1.97. The molecule has 0 aliphatic carbocycles. The van der Waals surface area contributed by atoms with Crippen LogP contribution in [0.1, 0.15) is 39.1 Å². The number of nitrogens with two attached hydrogens (primary N) is 1. The first-order valence-corrected chi connectivity index (χ1v) is 6.83. The van der Waals surface area contributed by atoms with Gasteiger partial charge in [0.25, 0.3) is 0 Å². The third-order valence-electron chi connectivity index (χ3n) is 3.38. The van der Waals surface area contributed by atoms with Gasteiger partial charge in [-0.15, -0.1) is 10.2 Å². The summed E-state index contributed by atoms with van der Waals surface area (Å²) in [5.41, 5.74) is 6.67. The van der Waals surface area contributed by atoms with Crippen molar-refractivity contribution in [2.75, 3.05) is 0 Å². The van der Waals surface area contributed by atoms with Crippen molar-refractivity contribution in [2.24, 2.45) is 11.7 Å². The molecule has 0 fully saturated rings. The van der Waals surface area contributed by atoms with Crippen LogP contribution in [0.15, 0.2) is 24.4 Å². The molecule has 0 aromatic carbocycles. The minimum Gasteiger partial charge on any atom is -0.346 e. The number of nitrogens with one attached hydrogen (secondary N) is 1. The van der Waals surface area contributed by atoms with Gasteiger partial charge in [0, 0.05) is 18.7 Å². The van der Waals surface area contributed by atoms with Gasteiger partial charge in [0.15, 0.2) is 11.5 Å². The highest BCUT2D eigenvalue weighted by atomic mass is 16.1. The minimum absolute atomic E-state index is 0.0635. The second-order valence-corrected chi connectivity index (χ2v) is 5.39. The van der Waals surface area contributed by atoms with Gasteiger partial charge in [-0.1, -0.05) is 19.9 Å². The molecule has 2 rings (SSSR count). The summed E-state index contributed by atoms with van der Waals surface area (Å²) in [4.78, 5) is 12.0. The van der Waals surface area contributed by atoms with E-state index in [9.17, 15) is 4.79 Å². The molecule has 2 atom stereocenters. The first-order chi connectivity index (χ1) is 9.49. The quantitative estimate of drug-likeness (QED) is 0.860. The topological polar surface area (TPSA) is 85.3 Å². The Morgan fingerprint density at radius 2 is 2.10 bits per heavy atom. The van der Waals surface area contributed by atoms with E-state index in [0.29, 0.717) is 12.2 Å². The summed E-state index contributed by atoms with van der Waals surface area (Å²) in [7, 11) is 0. The van der Waals surface area contributed by atoms with Crippen LogP contribution < -0.4 is 11.1 Å². The number of carbonyl (C=O) groups excluding carboxylic acids is 1. The summed E-state index contributed by atoms with van der Waals surface area (Å²) < 4.78 is 1.87. The maximum Gasteiger partial charge on any atom is 0.222 e. The van der Waals surface area contributed by atoms with Gasteiger partial charge in [0.2, 0.25) is 5.91 Å². The molecule has 0 radical (unpaired) electrons. The van der Waals surface area contributed by atoms with Crippen LogP contribution in [0.5, 0.6) is 0 Å². The van der Waals surface area contributed by atoms with E-state index in [4.69, 9.17) is 5.73 Å². The average molecular weight is 275 g/mol. The van der Waals surface area contributed by atoms with Crippen LogP contribution in [0.3, 0.4) is 0 Å². The number of nitrogens with zero attached hydrogens (tertiary/aromatic N) is 3. The molecule has 3 N–H and O–H groups in total. The Bertz CT molecular complexity index is 592. The van der Waals surface area contributed by atoms with Crippen molar-refractivity contribution >= 4 is 11.6 Å². The standard InChI is InChI=1S/C14H21N5O/c1-9(2)11(15)8-13(20)16-10(3)14-18-17-12-6-4-5-7-19(12)14/h4-7,9-11H,8,15H2,1-3H3,(H,16,20). The third kappa shape index (κ3) is 3.14. The first-order valence-electron chi connectivity index (χ1n) is 6.83. The van der Waals surface area contributed by atoms with Crippen LogP contribution in [0.25, 0.3) is 5.65 Å². The second-order valence-electron chi connectivity index (χ2n) is 5.39. The summed E-state index contributed by atoms with van der Waals surface area (Å²) >= 11 is 0. The summed E-state index contributed by atoms with van der Waals surface area (Å²) in [5.74, 6) is 0.934. The normalized spacial score (nSPS) is 14.4. The van der Waals surface area contributed by atoms with Crippen LogP contribution in [0.2, 0.25) is 0 Å². The molecule has 6 nitrogen and oxygen atoms in total. The van der Waals surface area contributed by atoms with E-state index < -0.39 is 0 Å². The Hall–Kier alpha value is -1.95. The van der Waals surface area contributed by atoms with Crippen LogP contribution >= 0.6 is 0 Å². The lowest BCUT2D eigenvalue weighted by Gasteiger charge is -2.17. The predicted octanol–water partition coefficient (Wildman–Crippen LogP) is 1.28. The molecule has 2 unspecified atom stereocenters. The molecule has 2 heterocycles. The molecule has 0 aliphatic heterocycles. The molecule has 108 valence electrons. The molecule has 6 heteroatoms. The highest BCUT2D eigenvalue weighted by molar-refractivity contribution is 5.77. The SMILES string of the molecule is CC(NC(=O)CC(N)C(C)C)c1nnc2ccccn12. The van der Waals surface area contributed by atoms with Crippen molar-refractivity contribution in [1.82, 2.24) is 19.9 Å². The van der Waals surface area contributed by atoms with Crippen LogP contribution in [-0.4, -0.2) is 26.5 Å². The molecule has 0 aliphatic rings. The van der Waals surface area contributed by atoms with Gasteiger partial charge in [0.1, 0.15) is 0 Å². The summed E-state index contributed by atoms with van der Waals surface area (Å²) in [6, 6.07) is 5.35. The van der Waals surface area contributed by atoms with Crippen molar-refractivity contribution in [1.29, 1.82) is 0 Å². The van der Waals surface area contributed by atoms with E-state index in [1.165, 1.54) is 0 Å². The Kier molecular flexibility index (Phi) is 4.34. The lowest BCUT2D eigenvalue weighted by Crippen LogP contribution is -2.36. The molecule has 0 bridgehead atoms. The van der Waals surface area contributed by atoms with Gasteiger partial charge >= 0.3 is 0 Å². The summed E-state index contributed by atoms with van der Waals surface area (Å²) in [5, 5.41) is 11.1. The van der Waals surface area contributed by atoms with E-state index in [1.807, 2.05) is 49.6 Å². The number of amides is 1. The second kappa shape index (κ2) is 6.00. The number of hydrogen-bond acceptors (Lipinski definition) is 4. The van der Waals surface area contributed by atoms with E-state index in [1.54, 1.807) is 0 Å². The highest BCUT2D eigenvalue weighted by Gasteiger charge is 2.18. The van der Waals surface area contributed by atoms with Crippen LogP contribution in [0, 0.1) is 5.92 Å². The Labute approximate surface area is 118 Å². The molecule has 2 aromatic heterocycles. The van der Waals surface area contributed by atoms with Gasteiger partial charge in [-0.05, 0) is 25.0 Å². The van der Waals surface area contributed by atoms with E-state index >= 15 is 0 Å². The zero-order valence-corrected chi connectivity index (χ0v) is 12.1. The molecule has 0 spiro atoms. The number of fused-ring (bicyclic) bond motifs is 1. The molecule has 0 saturated carbocycles. The van der Waals surface area contributed by atoms with Crippen molar-refractivity contribution < 1.29 is 4.79 Å². The van der Waals surface area contributed by atoms with Gasteiger partial charge in [-0.25, -0.2) is 0 Å². The Balaban J connectivity index is 2.05. The van der Waals surface area contributed by atoms with E-state index in [-0.39, 0.29) is 23.9 Å². The maximum absolute atomic E-state index is 12.0. The van der Waals surface area contributed by atoms with Gasteiger partial charge in [0.05, 0.1) is 6.04 Å². The number of rotatable bonds is 5. The first kappa shape index (κ1) is 14.5. The number of carbonyl (C=O) groups is 1. The Morgan fingerprint density at radius 3 is 2.80 bits per heavy atom. The summed E-state index contributed by atoms with van der Waals surface area (Å²) in [6.07, 6.45) is 2.20. The van der Waals surface area contributed by atoms with Crippen molar-refractivity contribution in [3.63, 3.8) is 0 Å². The van der Waals surface area contributed by atoms with Gasteiger partial charge in [-0.3, -0.25) is 9.20 Å². The lowest BCUT2D eigenvalue weighted by molar-refractivity contribution is -0.122. The van der Waals surface area contributed by atoms with Crippen molar-refractivity contribution in [3.05, 3.63) is 30.2 Å². The zero-order valence-electron chi connectivity index (χ0n) is 12.1. The average Bonchev–Trinajstić information content (AvgIpc) is 2.82. The number of hydrogen-bond donors (Lipinski definition) is 2. The molecule has 20 heavy (non-hydrogen) atoms. The minimum atomic E-state index is -0.209. The number of pyridine rings is 1. The van der Waals surface area contributed by atoms with Crippen LogP contribution in [-0.2, 0) is 4.79 Å². The highest BCUT2D eigenvalue weighted by Crippen LogP contribution is 2.12. The van der Waals surface area contributed by atoms with E-state index in [0.717, 1.165) is 5.65 Å². The molecule has 1 amide bonds. The van der Waals surface area contributed by atoms with Gasteiger partial charge < -0.3 is 11.1 Å². The van der Waals surface area contributed by atoms with E-state index in [2.05, 4.69) is 15.5 Å². The predicted molar refractivity (Wildman–Crippen MR) is 77.0 cm³/mol. The van der Waals surface area contributed by atoms with Gasteiger partial charge in [-0.2, -0.15) is 0 Å². The molecule has 2 aromatic rings. The van der Waals surface area contributed by atoms with Crippen molar-refractivity contribution in [2.45, 2.75) is 39.3 Å². The monoisotopic (exact) mass is 275 g/mol. The summed E-state index contributed by atoms with van der Waals surface area (Å²) in [6.45, 7) is 5.91. The largest absolute Gasteiger partial charge is 0.346 e. The number of aromatic nitrogens is 3. The lowest BCUT2D eigenvalue weighted by atomic mass is 10.0. The fraction of sp³-hybridized carbons (Fsp3) is 0.500. The smallest absolute Gasteiger partial charge is 0.222 e. The molecule has 0 saturated heterocycles. The van der Waals surface area contributed by atoms with Crippen LogP contribution in [0.4, 0.5) is 0 Å². The Morgan fingerprint density at radius 1 is 1.35 bits per heavy atom. The molecular formula is C14H21N5O. The molecular weight excluding hydrogens is 254 g/mol. The zero-order chi connectivity index (χ0) is 14.7.